The topological polar surface area (TPSA) is 61.4 Å². The van der Waals surface area contributed by atoms with Gasteiger partial charge in [-0.25, -0.2) is 0 Å². The molecule has 1 fully saturated rings. The number of rotatable bonds is 11. The average molecular weight is 484 g/mol. The van der Waals surface area contributed by atoms with Crippen LogP contribution in [0.15, 0.2) is 84.9 Å². The molecule has 5 nitrogen and oxygen atoms in total. The lowest BCUT2D eigenvalue weighted by Crippen LogP contribution is -2.47. The summed E-state index contributed by atoms with van der Waals surface area (Å²) in [5.74, 6) is -0.328. The maximum Gasteiger partial charge on any atom is 0.252 e. The van der Waals surface area contributed by atoms with Gasteiger partial charge in [0.1, 0.15) is 6.04 Å². The molecule has 188 valence electrons. The molecule has 1 aliphatic rings. The molecule has 1 aliphatic heterocycles. The van der Waals surface area contributed by atoms with Crippen LogP contribution in [0.5, 0.6) is 0 Å². The zero-order valence-corrected chi connectivity index (χ0v) is 21.0. The molecule has 2 amide bonds. The van der Waals surface area contributed by atoms with Crippen LogP contribution in [0.1, 0.15) is 48.0 Å². The fourth-order valence-corrected chi connectivity index (χ4v) is 4.86. The molecular weight excluding hydrogens is 446 g/mol. The molecule has 4 rings (SSSR count). The number of carbonyl (C=O) groups excluding carboxylic acids is 2. The number of carbonyl (C=O) groups is 2. The summed E-state index contributed by atoms with van der Waals surface area (Å²) in [5.41, 5.74) is 3.62. The molecule has 0 radical (unpaired) electrons. The molecule has 3 aromatic rings. The van der Waals surface area contributed by atoms with Gasteiger partial charge >= 0.3 is 0 Å². The minimum atomic E-state index is -0.568. The monoisotopic (exact) mass is 483 g/mol. The second kappa shape index (κ2) is 13.6. The van der Waals surface area contributed by atoms with Gasteiger partial charge in [-0.05, 0) is 74.5 Å². The molecule has 0 saturated carbocycles. The molecule has 0 bridgehead atoms. The van der Waals surface area contributed by atoms with Crippen molar-refractivity contribution in [2.24, 2.45) is 0 Å². The zero-order chi connectivity index (χ0) is 25.0. The van der Waals surface area contributed by atoms with E-state index in [2.05, 4.69) is 27.7 Å². The standard InChI is InChI=1S/C31H37N3O2/c35-30(28-18-9-8-17-27(28)26-15-6-2-7-16-26)33-29(19-12-24-34-22-10-3-11-23-34)31(36)32-21-20-25-13-4-1-5-14-25/h1-2,4-9,13-18,29H,3,10-12,19-24H2,(H,32,36)(H,33,35). The number of hydrogen-bond acceptors (Lipinski definition) is 3. The quantitative estimate of drug-likeness (QED) is 0.400. The molecule has 0 spiro atoms. The van der Waals surface area contributed by atoms with Gasteiger partial charge in [-0.3, -0.25) is 9.59 Å². The van der Waals surface area contributed by atoms with Crippen molar-refractivity contribution in [1.29, 1.82) is 0 Å². The van der Waals surface area contributed by atoms with E-state index in [1.54, 1.807) is 0 Å². The second-order valence-corrected chi connectivity index (χ2v) is 9.51. The average Bonchev–Trinajstić information content (AvgIpc) is 2.94. The predicted molar refractivity (Wildman–Crippen MR) is 146 cm³/mol. The van der Waals surface area contributed by atoms with Crippen LogP contribution < -0.4 is 10.6 Å². The lowest BCUT2D eigenvalue weighted by atomic mass is 9.98. The van der Waals surface area contributed by atoms with Crippen LogP contribution in [0.25, 0.3) is 11.1 Å². The van der Waals surface area contributed by atoms with E-state index in [-0.39, 0.29) is 11.8 Å². The summed E-state index contributed by atoms with van der Waals surface area (Å²) in [5, 5.41) is 6.12. The van der Waals surface area contributed by atoms with Crippen LogP contribution in [-0.4, -0.2) is 48.9 Å². The van der Waals surface area contributed by atoms with E-state index >= 15 is 0 Å². The van der Waals surface area contributed by atoms with Crippen molar-refractivity contribution in [2.45, 2.75) is 44.6 Å². The molecule has 2 N–H and O–H groups in total. The molecular formula is C31H37N3O2. The number of benzene rings is 3. The third kappa shape index (κ3) is 7.53. The van der Waals surface area contributed by atoms with Crippen LogP contribution in [0.3, 0.4) is 0 Å². The Kier molecular flexibility index (Phi) is 9.69. The number of hydrogen-bond donors (Lipinski definition) is 2. The summed E-state index contributed by atoms with van der Waals surface area (Å²) < 4.78 is 0. The Morgan fingerprint density at radius 1 is 0.806 bits per heavy atom. The van der Waals surface area contributed by atoms with Crippen molar-refractivity contribution in [1.82, 2.24) is 15.5 Å². The maximum absolute atomic E-state index is 13.4. The molecule has 1 heterocycles. The largest absolute Gasteiger partial charge is 0.354 e. The van der Waals surface area contributed by atoms with Gasteiger partial charge in [0, 0.05) is 12.1 Å². The van der Waals surface area contributed by atoms with Gasteiger partial charge in [0.2, 0.25) is 5.91 Å². The summed E-state index contributed by atoms with van der Waals surface area (Å²) in [6, 6.07) is 27.0. The maximum atomic E-state index is 13.4. The Balaban J connectivity index is 1.41. The van der Waals surface area contributed by atoms with Crippen molar-refractivity contribution in [3.8, 4) is 11.1 Å². The molecule has 36 heavy (non-hydrogen) atoms. The van der Waals surface area contributed by atoms with E-state index in [1.165, 1.54) is 24.8 Å². The van der Waals surface area contributed by atoms with Crippen molar-refractivity contribution < 1.29 is 9.59 Å². The van der Waals surface area contributed by atoms with Crippen molar-refractivity contribution in [2.75, 3.05) is 26.2 Å². The van der Waals surface area contributed by atoms with Crippen LogP contribution >= 0.6 is 0 Å². The highest BCUT2D eigenvalue weighted by molar-refractivity contribution is 6.02. The molecule has 1 atom stereocenters. The first kappa shape index (κ1) is 25.6. The number of amides is 2. The number of piperidine rings is 1. The van der Waals surface area contributed by atoms with Crippen LogP contribution in [0, 0.1) is 0 Å². The van der Waals surface area contributed by atoms with E-state index in [0.717, 1.165) is 43.6 Å². The lowest BCUT2D eigenvalue weighted by Gasteiger charge is -2.27. The molecule has 5 heteroatoms. The molecule has 1 unspecified atom stereocenters. The summed E-state index contributed by atoms with van der Waals surface area (Å²) in [6.07, 6.45) is 6.05. The summed E-state index contributed by atoms with van der Waals surface area (Å²) in [7, 11) is 0. The van der Waals surface area contributed by atoms with E-state index in [0.29, 0.717) is 18.5 Å². The van der Waals surface area contributed by atoms with Gasteiger partial charge in [-0.1, -0.05) is 85.3 Å². The van der Waals surface area contributed by atoms with Crippen molar-refractivity contribution >= 4 is 11.8 Å². The smallest absolute Gasteiger partial charge is 0.252 e. The minimum absolute atomic E-state index is 0.116. The highest BCUT2D eigenvalue weighted by atomic mass is 16.2. The Morgan fingerprint density at radius 2 is 1.47 bits per heavy atom. The third-order valence-electron chi connectivity index (χ3n) is 6.85. The number of nitrogens with one attached hydrogen (secondary N) is 2. The van der Waals surface area contributed by atoms with E-state index in [1.807, 2.05) is 72.8 Å². The van der Waals surface area contributed by atoms with Gasteiger partial charge in [0.25, 0.3) is 5.91 Å². The Labute approximate surface area is 214 Å². The highest BCUT2D eigenvalue weighted by Gasteiger charge is 2.23. The van der Waals surface area contributed by atoms with Gasteiger partial charge in [0.15, 0.2) is 0 Å². The van der Waals surface area contributed by atoms with Crippen molar-refractivity contribution in [3.05, 3.63) is 96.1 Å². The molecule has 1 saturated heterocycles. The van der Waals surface area contributed by atoms with Gasteiger partial charge in [0.05, 0.1) is 0 Å². The van der Waals surface area contributed by atoms with Crippen molar-refractivity contribution in [3.63, 3.8) is 0 Å². The second-order valence-electron chi connectivity index (χ2n) is 9.51. The fraction of sp³-hybridized carbons (Fsp3) is 0.355. The summed E-state index contributed by atoms with van der Waals surface area (Å²) in [6.45, 7) is 3.77. The lowest BCUT2D eigenvalue weighted by molar-refractivity contribution is -0.123. The molecule has 0 aromatic heterocycles. The predicted octanol–water partition coefficient (Wildman–Crippen LogP) is 5.08. The van der Waals surface area contributed by atoms with E-state index < -0.39 is 6.04 Å². The van der Waals surface area contributed by atoms with Crippen LogP contribution in [0.2, 0.25) is 0 Å². The first-order valence-electron chi connectivity index (χ1n) is 13.2. The van der Waals surface area contributed by atoms with Crippen LogP contribution in [0.4, 0.5) is 0 Å². The highest BCUT2D eigenvalue weighted by Crippen LogP contribution is 2.23. The third-order valence-corrected chi connectivity index (χ3v) is 6.85. The fourth-order valence-electron chi connectivity index (χ4n) is 4.86. The summed E-state index contributed by atoms with van der Waals surface area (Å²) >= 11 is 0. The first-order valence-corrected chi connectivity index (χ1v) is 13.2. The van der Waals surface area contributed by atoms with Gasteiger partial charge in [-0.2, -0.15) is 0 Å². The van der Waals surface area contributed by atoms with Gasteiger partial charge in [-0.15, -0.1) is 0 Å². The first-order chi connectivity index (χ1) is 17.7. The Hall–Kier alpha value is -3.44. The van der Waals surface area contributed by atoms with Crippen LogP contribution in [-0.2, 0) is 11.2 Å². The van der Waals surface area contributed by atoms with E-state index in [9.17, 15) is 9.59 Å². The van der Waals surface area contributed by atoms with E-state index in [4.69, 9.17) is 0 Å². The molecule has 3 aromatic carbocycles. The zero-order valence-electron chi connectivity index (χ0n) is 21.0. The summed E-state index contributed by atoms with van der Waals surface area (Å²) in [4.78, 5) is 29.1. The Morgan fingerprint density at radius 3 is 2.22 bits per heavy atom. The van der Waals surface area contributed by atoms with Gasteiger partial charge < -0.3 is 15.5 Å². The molecule has 0 aliphatic carbocycles. The SMILES string of the molecule is O=C(NC(CCCN1CCCCC1)C(=O)NCCc1ccccc1)c1ccccc1-c1ccccc1. The normalized spacial score (nSPS) is 14.7. The number of likely N-dealkylation sites (tertiary alicyclic amines) is 1. The minimum Gasteiger partial charge on any atom is -0.354 e. The number of nitrogens with zero attached hydrogens (tertiary/aromatic N) is 1. The Bertz CT molecular complexity index is 1100.